The van der Waals surface area contributed by atoms with Crippen LogP contribution in [0.25, 0.3) is 0 Å². The molecular formula is C15H18N4S. The van der Waals surface area contributed by atoms with Gasteiger partial charge in [0.1, 0.15) is 10.8 Å². The zero-order valence-electron chi connectivity index (χ0n) is 11.6. The van der Waals surface area contributed by atoms with Crippen molar-refractivity contribution < 1.29 is 0 Å². The zero-order valence-corrected chi connectivity index (χ0v) is 12.4. The second-order valence-corrected chi connectivity index (χ2v) is 5.74. The number of nitrogens with two attached hydrogens (primary N) is 1. The first-order chi connectivity index (χ1) is 9.58. The highest BCUT2D eigenvalue weighted by Crippen LogP contribution is 2.43. The summed E-state index contributed by atoms with van der Waals surface area (Å²) >= 11 is 5.13. The molecule has 0 aliphatic heterocycles. The molecule has 0 spiro atoms. The van der Waals surface area contributed by atoms with Crippen molar-refractivity contribution in [1.29, 1.82) is 0 Å². The molecule has 1 aromatic heterocycles. The fourth-order valence-electron chi connectivity index (χ4n) is 2.72. The maximum Gasteiger partial charge on any atom is 0.134 e. The van der Waals surface area contributed by atoms with Gasteiger partial charge < -0.3 is 11.1 Å². The molecule has 4 nitrogen and oxygen atoms in total. The van der Waals surface area contributed by atoms with E-state index in [-0.39, 0.29) is 0 Å². The van der Waals surface area contributed by atoms with Gasteiger partial charge in [0.2, 0.25) is 0 Å². The smallest absolute Gasteiger partial charge is 0.134 e. The molecule has 1 aromatic carbocycles. The van der Waals surface area contributed by atoms with Crippen molar-refractivity contribution in [3.8, 4) is 0 Å². The lowest BCUT2D eigenvalue weighted by Gasteiger charge is -2.09. The molecule has 1 aliphatic carbocycles. The maximum absolute atomic E-state index is 5.81. The number of nitrogens with zero attached hydrogens (tertiary/aromatic N) is 2. The third-order valence-electron chi connectivity index (χ3n) is 3.81. The van der Waals surface area contributed by atoms with Crippen molar-refractivity contribution in [2.24, 2.45) is 12.8 Å². The molecule has 1 aliphatic rings. The predicted molar refractivity (Wildman–Crippen MR) is 85.0 cm³/mol. The average Bonchev–Trinajstić information content (AvgIpc) is 3.11. The predicted octanol–water partition coefficient (Wildman–Crippen LogP) is 2.33. The molecule has 104 valence electrons. The Morgan fingerprint density at radius 3 is 2.75 bits per heavy atom. The van der Waals surface area contributed by atoms with E-state index in [1.165, 1.54) is 5.56 Å². The minimum Gasteiger partial charge on any atom is -0.389 e. The molecule has 2 aromatic rings. The summed E-state index contributed by atoms with van der Waals surface area (Å²) in [6.45, 7) is 1.93. The Hall–Kier alpha value is -1.88. The van der Waals surface area contributed by atoms with Crippen LogP contribution in [0, 0.1) is 6.92 Å². The van der Waals surface area contributed by atoms with E-state index in [9.17, 15) is 0 Å². The van der Waals surface area contributed by atoms with Crippen LogP contribution in [0.15, 0.2) is 30.3 Å². The van der Waals surface area contributed by atoms with Gasteiger partial charge in [-0.05, 0) is 18.9 Å². The van der Waals surface area contributed by atoms with E-state index in [1.54, 1.807) is 0 Å². The van der Waals surface area contributed by atoms with E-state index in [4.69, 9.17) is 18.0 Å². The van der Waals surface area contributed by atoms with Crippen LogP contribution in [0.5, 0.6) is 0 Å². The van der Waals surface area contributed by atoms with Gasteiger partial charge in [-0.25, -0.2) is 0 Å². The Kier molecular flexibility index (Phi) is 3.22. The van der Waals surface area contributed by atoms with E-state index < -0.39 is 0 Å². The van der Waals surface area contributed by atoms with Gasteiger partial charge in [-0.2, -0.15) is 5.10 Å². The molecule has 0 saturated heterocycles. The molecule has 1 heterocycles. The zero-order chi connectivity index (χ0) is 14.3. The van der Waals surface area contributed by atoms with Crippen LogP contribution in [0.3, 0.4) is 0 Å². The lowest BCUT2D eigenvalue weighted by Crippen LogP contribution is -2.16. The normalized spacial score (nSPS) is 20.7. The summed E-state index contributed by atoms with van der Waals surface area (Å²) in [5, 5.41) is 7.93. The van der Waals surface area contributed by atoms with Crippen LogP contribution < -0.4 is 11.1 Å². The van der Waals surface area contributed by atoms with Crippen LogP contribution in [0.1, 0.15) is 29.2 Å². The van der Waals surface area contributed by atoms with Gasteiger partial charge in [-0.3, -0.25) is 4.68 Å². The third kappa shape index (κ3) is 2.29. The lowest BCUT2D eigenvalue weighted by atomic mass is 10.1. The second-order valence-electron chi connectivity index (χ2n) is 5.30. The third-order valence-corrected chi connectivity index (χ3v) is 4.01. The molecule has 5 heteroatoms. The largest absolute Gasteiger partial charge is 0.389 e. The molecule has 0 amide bonds. The molecule has 2 unspecified atom stereocenters. The van der Waals surface area contributed by atoms with Crippen molar-refractivity contribution in [3.63, 3.8) is 0 Å². The summed E-state index contributed by atoms with van der Waals surface area (Å²) in [6, 6.07) is 11.0. The van der Waals surface area contributed by atoms with Crippen molar-refractivity contribution >= 4 is 23.0 Å². The van der Waals surface area contributed by atoms with Crippen molar-refractivity contribution in [1.82, 2.24) is 9.78 Å². The summed E-state index contributed by atoms with van der Waals surface area (Å²) < 4.78 is 1.82. The number of aromatic nitrogens is 2. The highest BCUT2D eigenvalue weighted by Gasteiger charge is 2.39. The molecule has 0 radical (unpaired) electrons. The van der Waals surface area contributed by atoms with Crippen LogP contribution >= 0.6 is 12.2 Å². The molecule has 3 N–H and O–H groups in total. The first kappa shape index (κ1) is 13.1. The van der Waals surface area contributed by atoms with Crippen LogP contribution in [0.4, 0.5) is 5.82 Å². The molecule has 3 rings (SSSR count). The number of aryl methyl sites for hydroxylation is 2. The van der Waals surface area contributed by atoms with Crippen LogP contribution in [-0.2, 0) is 7.05 Å². The Morgan fingerprint density at radius 1 is 1.40 bits per heavy atom. The molecular weight excluding hydrogens is 268 g/mol. The van der Waals surface area contributed by atoms with Gasteiger partial charge in [0.05, 0.1) is 11.3 Å². The summed E-state index contributed by atoms with van der Waals surface area (Å²) in [4.78, 5) is 0.398. The number of nitrogens with one attached hydrogen (secondary N) is 1. The van der Waals surface area contributed by atoms with E-state index in [0.717, 1.165) is 23.5 Å². The highest BCUT2D eigenvalue weighted by atomic mass is 32.1. The van der Waals surface area contributed by atoms with Gasteiger partial charge in [0, 0.05) is 19.0 Å². The number of hydrogen-bond donors (Lipinski definition) is 2. The highest BCUT2D eigenvalue weighted by molar-refractivity contribution is 7.80. The maximum atomic E-state index is 5.81. The molecule has 20 heavy (non-hydrogen) atoms. The first-order valence-electron chi connectivity index (χ1n) is 6.73. The molecule has 1 saturated carbocycles. The monoisotopic (exact) mass is 286 g/mol. The Labute approximate surface area is 124 Å². The van der Waals surface area contributed by atoms with Gasteiger partial charge >= 0.3 is 0 Å². The van der Waals surface area contributed by atoms with E-state index >= 15 is 0 Å². The van der Waals surface area contributed by atoms with Crippen LogP contribution in [-0.4, -0.2) is 20.8 Å². The number of hydrogen-bond acceptors (Lipinski definition) is 3. The summed E-state index contributed by atoms with van der Waals surface area (Å²) in [6.07, 6.45) is 1.13. The SMILES string of the molecule is Cc1nn(C)c(NC2CC2c2ccccc2)c1C(N)=S. The van der Waals surface area contributed by atoms with E-state index in [0.29, 0.717) is 16.9 Å². The first-order valence-corrected chi connectivity index (χ1v) is 7.13. The standard InChI is InChI=1S/C15H18N4S/c1-9-13(14(16)20)15(19(2)18-9)17-12-8-11(12)10-6-4-3-5-7-10/h3-7,11-12,17H,8H2,1-2H3,(H2,16,20). The van der Waals surface area contributed by atoms with E-state index in [2.05, 4.69) is 34.7 Å². The van der Waals surface area contributed by atoms with Crippen molar-refractivity contribution in [3.05, 3.63) is 47.2 Å². The summed E-state index contributed by atoms with van der Waals surface area (Å²) in [7, 11) is 1.91. The molecule has 2 atom stereocenters. The van der Waals surface area contributed by atoms with Gasteiger partial charge in [-0.1, -0.05) is 42.5 Å². The van der Waals surface area contributed by atoms with Crippen molar-refractivity contribution in [2.45, 2.75) is 25.3 Å². The van der Waals surface area contributed by atoms with Gasteiger partial charge in [0.25, 0.3) is 0 Å². The average molecular weight is 286 g/mol. The topological polar surface area (TPSA) is 55.9 Å². The summed E-state index contributed by atoms with van der Waals surface area (Å²) in [5.41, 5.74) is 8.92. The van der Waals surface area contributed by atoms with E-state index in [1.807, 2.05) is 24.7 Å². The van der Waals surface area contributed by atoms with Crippen LogP contribution in [0.2, 0.25) is 0 Å². The number of anilines is 1. The Balaban J connectivity index is 1.79. The Morgan fingerprint density at radius 2 is 2.10 bits per heavy atom. The minimum absolute atomic E-state index is 0.398. The second kappa shape index (κ2) is 4.90. The Bertz CT molecular complexity index is 647. The van der Waals surface area contributed by atoms with Gasteiger partial charge in [-0.15, -0.1) is 0 Å². The fraction of sp³-hybridized carbons (Fsp3) is 0.333. The van der Waals surface area contributed by atoms with Gasteiger partial charge in [0.15, 0.2) is 0 Å². The quantitative estimate of drug-likeness (QED) is 0.847. The lowest BCUT2D eigenvalue weighted by molar-refractivity contribution is 0.756. The molecule has 0 bridgehead atoms. The molecule has 1 fully saturated rings. The number of benzene rings is 1. The summed E-state index contributed by atoms with van der Waals surface area (Å²) in [5.74, 6) is 1.49. The number of rotatable bonds is 4. The van der Waals surface area contributed by atoms with Crippen molar-refractivity contribution in [2.75, 3.05) is 5.32 Å². The minimum atomic E-state index is 0.398. The number of thiocarbonyl (C=S) groups is 1. The fourth-order valence-corrected chi connectivity index (χ4v) is 2.96.